The molecule has 18 heavy (non-hydrogen) atoms. The molecule has 0 fully saturated rings. The Bertz CT molecular complexity index is 661. The third-order valence-electron chi connectivity index (χ3n) is 2.81. The lowest BCUT2D eigenvalue weighted by atomic mass is 10.1. The van der Waals surface area contributed by atoms with Gasteiger partial charge in [-0.15, -0.1) is 11.3 Å². The second kappa shape index (κ2) is 4.95. The van der Waals surface area contributed by atoms with Crippen molar-refractivity contribution in [2.75, 3.05) is 0 Å². The van der Waals surface area contributed by atoms with E-state index < -0.39 is 15.4 Å². The molecular formula is C12H15NO3S2. The molecule has 0 spiro atoms. The third-order valence-corrected chi connectivity index (χ3v) is 4.96. The highest BCUT2D eigenvalue weighted by Crippen LogP contribution is 2.34. The van der Waals surface area contributed by atoms with Crippen molar-refractivity contribution >= 4 is 31.7 Å². The van der Waals surface area contributed by atoms with Crippen LogP contribution in [0.15, 0.2) is 18.2 Å². The molecule has 0 aliphatic heterocycles. The van der Waals surface area contributed by atoms with Crippen LogP contribution in [0.2, 0.25) is 0 Å². The average Bonchev–Trinajstić information content (AvgIpc) is 2.64. The summed E-state index contributed by atoms with van der Waals surface area (Å²) in [4.78, 5) is 4.37. The van der Waals surface area contributed by atoms with Gasteiger partial charge in [-0.3, -0.25) is 4.55 Å². The summed E-state index contributed by atoms with van der Waals surface area (Å²) in [6, 6.07) is 5.45. The van der Waals surface area contributed by atoms with Crippen molar-refractivity contribution in [1.82, 2.24) is 4.98 Å². The molecule has 1 aromatic heterocycles. The number of aryl methyl sites for hydroxylation is 1. The van der Waals surface area contributed by atoms with Crippen LogP contribution < -0.4 is 0 Å². The maximum absolute atomic E-state index is 11.5. The molecule has 0 aliphatic carbocycles. The fraction of sp³-hybridized carbons (Fsp3) is 0.417. The highest BCUT2D eigenvalue weighted by Gasteiger charge is 2.26. The zero-order valence-corrected chi connectivity index (χ0v) is 11.9. The molecule has 98 valence electrons. The number of rotatable bonds is 4. The molecule has 2 aromatic rings. The Morgan fingerprint density at radius 1 is 1.44 bits per heavy atom. The van der Waals surface area contributed by atoms with Crippen LogP contribution in [0.25, 0.3) is 10.2 Å². The van der Waals surface area contributed by atoms with Gasteiger partial charge in [0.2, 0.25) is 0 Å². The number of para-hydroxylation sites is 1. The van der Waals surface area contributed by atoms with Crippen LogP contribution in [-0.2, 0) is 10.1 Å². The predicted molar refractivity (Wildman–Crippen MR) is 73.6 cm³/mol. The maximum Gasteiger partial charge on any atom is 0.272 e. The van der Waals surface area contributed by atoms with Crippen LogP contribution in [0, 0.1) is 6.92 Å². The summed E-state index contributed by atoms with van der Waals surface area (Å²) in [5.74, 6) is 0. The largest absolute Gasteiger partial charge is 0.285 e. The van der Waals surface area contributed by atoms with Gasteiger partial charge in [-0.05, 0) is 25.0 Å². The Labute approximate surface area is 110 Å². The zero-order chi connectivity index (χ0) is 13.3. The van der Waals surface area contributed by atoms with Crippen molar-refractivity contribution in [3.05, 3.63) is 28.8 Å². The molecule has 2 rings (SSSR count). The number of fused-ring (bicyclic) bond motifs is 1. The van der Waals surface area contributed by atoms with Crippen LogP contribution in [0.4, 0.5) is 0 Å². The van der Waals surface area contributed by atoms with Crippen molar-refractivity contribution in [3.63, 3.8) is 0 Å². The lowest BCUT2D eigenvalue weighted by Crippen LogP contribution is -2.12. The number of hydrogen-bond donors (Lipinski definition) is 1. The van der Waals surface area contributed by atoms with Crippen LogP contribution in [0.1, 0.15) is 35.6 Å². The van der Waals surface area contributed by atoms with E-state index in [0.717, 1.165) is 9.71 Å². The fourth-order valence-electron chi connectivity index (χ4n) is 2.07. The van der Waals surface area contributed by atoms with Crippen LogP contribution >= 0.6 is 11.3 Å². The van der Waals surface area contributed by atoms with E-state index in [1.807, 2.05) is 26.0 Å². The minimum Gasteiger partial charge on any atom is -0.285 e. The van der Waals surface area contributed by atoms with E-state index in [1.54, 1.807) is 6.07 Å². The first-order valence-corrected chi connectivity index (χ1v) is 8.07. The summed E-state index contributed by atoms with van der Waals surface area (Å²) in [6.07, 6.45) is 1.08. The molecule has 0 saturated heterocycles. The van der Waals surface area contributed by atoms with E-state index in [0.29, 0.717) is 23.9 Å². The SMILES string of the molecule is CCCC(c1cccc2sc(C)nc12)S(=O)(=O)O. The second-order valence-corrected chi connectivity index (χ2v) is 7.05. The first kappa shape index (κ1) is 13.5. The van der Waals surface area contributed by atoms with Crippen molar-refractivity contribution in [1.29, 1.82) is 0 Å². The van der Waals surface area contributed by atoms with Crippen molar-refractivity contribution in [2.45, 2.75) is 31.9 Å². The Morgan fingerprint density at radius 3 is 2.78 bits per heavy atom. The predicted octanol–water partition coefficient (Wildman–Crippen LogP) is 3.33. The van der Waals surface area contributed by atoms with E-state index in [2.05, 4.69) is 4.98 Å². The summed E-state index contributed by atoms with van der Waals surface area (Å²) in [5, 5.41) is 0.00994. The lowest BCUT2D eigenvalue weighted by Gasteiger charge is -2.13. The number of aromatic nitrogens is 1. The third kappa shape index (κ3) is 2.55. The molecule has 0 saturated carbocycles. The average molecular weight is 285 g/mol. The Morgan fingerprint density at radius 2 is 2.17 bits per heavy atom. The quantitative estimate of drug-likeness (QED) is 0.875. The lowest BCUT2D eigenvalue weighted by molar-refractivity contribution is 0.463. The molecular weight excluding hydrogens is 270 g/mol. The number of thiazole rings is 1. The molecule has 0 aliphatic rings. The topological polar surface area (TPSA) is 67.3 Å². The molecule has 0 bridgehead atoms. The monoisotopic (exact) mass is 285 g/mol. The standard InChI is InChI=1S/C12H15NO3S2/c1-3-5-11(18(14,15)16)9-6-4-7-10-12(9)13-8(2)17-10/h4,6-7,11H,3,5H2,1-2H3,(H,14,15,16). The van der Waals surface area contributed by atoms with E-state index in [1.165, 1.54) is 11.3 Å². The molecule has 1 aromatic carbocycles. The smallest absolute Gasteiger partial charge is 0.272 e. The van der Waals surface area contributed by atoms with E-state index in [-0.39, 0.29) is 0 Å². The minimum absolute atomic E-state index is 0.397. The molecule has 0 radical (unpaired) electrons. The van der Waals surface area contributed by atoms with Crippen LogP contribution in [-0.4, -0.2) is 18.0 Å². The van der Waals surface area contributed by atoms with Crippen LogP contribution in [0.3, 0.4) is 0 Å². The summed E-state index contributed by atoms with van der Waals surface area (Å²) in [6.45, 7) is 3.78. The molecule has 1 N–H and O–H groups in total. The van der Waals surface area contributed by atoms with E-state index >= 15 is 0 Å². The molecule has 1 atom stereocenters. The van der Waals surface area contributed by atoms with Gasteiger partial charge in [-0.25, -0.2) is 4.98 Å². The summed E-state index contributed by atoms with van der Waals surface area (Å²) < 4.78 is 33.3. The van der Waals surface area contributed by atoms with Gasteiger partial charge in [0, 0.05) is 0 Å². The van der Waals surface area contributed by atoms with E-state index in [9.17, 15) is 13.0 Å². The Kier molecular flexibility index (Phi) is 3.70. The van der Waals surface area contributed by atoms with Crippen molar-refractivity contribution in [2.24, 2.45) is 0 Å². The first-order chi connectivity index (χ1) is 8.43. The fourth-order valence-corrected chi connectivity index (χ4v) is 3.97. The van der Waals surface area contributed by atoms with Gasteiger partial charge in [0.15, 0.2) is 0 Å². The second-order valence-electron chi connectivity index (χ2n) is 4.22. The van der Waals surface area contributed by atoms with Gasteiger partial charge in [-0.2, -0.15) is 8.42 Å². The summed E-state index contributed by atoms with van der Waals surface area (Å²) in [5.41, 5.74) is 1.29. The zero-order valence-electron chi connectivity index (χ0n) is 10.3. The highest BCUT2D eigenvalue weighted by molar-refractivity contribution is 7.86. The van der Waals surface area contributed by atoms with Crippen LogP contribution in [0.5, 0.6) is 0 Å². The van der Waals surface area contributed by atoms with Gasteiger partial charge in [0.25, 0.3) is 10.1 Å². The molecule has 4 nitrogen and oxygen atoms in total. The number of benzene rings is 1. The minimum atomic E-state index is -4.10. The summed E-state index contributed by atoms with van der Waals surface area (Å²) >= 11 is 1.52. The van der Waals surface area contributed by atoms with Crippen molar-refractivity contribution in [3.8, 4) is 0 Å². The molecule has 1 heterocycles. The van der Waals surface area contributed by atoms with Gasteiger partial charge in [-0.1, -0.05) is 25.5 Å². The summed E-state index contributed by atoms with van der Waals surface area (Å²) in [7, 11) is -4.10. The molecule has 0 amide bonds. The highest BCUT2D eigenvalue weighted by atomic mass is 32.2. The number of nitrogens with zero attached hydrogens (tertiary/aromatic N) is 1. The van der Waals surface area contributed by atoms with Gasteiger partial charge < -0.3 is 0 Å². The normalized spacial score (nSPS) is 13.9. The molecule has 6 heteroatoms. The Balaban J connectivity index is 2.64. The van der Waals surface area contributed by atoms with Crippen molar-refractivity contribution < 1.29 is 13.0 Å². The van der Waals surface area contributed by atoms with Gasteiger partial charge in [0.1, 0.15) is 5.25 Å². The molecule has 1 unspecified atom stereocenters. The number of hydrogen-bond acceptors (Lipinski definition) is 4. The van der Waals surface area contributed by atoms with Gasteiger partial charge >= 0.3 is 0 Å². The first-order valence-electron chi connectivity index (χ1n) is 5.76. The Hall–Kier alpha value is -0.980. The van der Waals surface area contributed by atoms with E-state index in [4.69, 9.17) is 0 Å². The maximum atomic E-state index is 11.5. The van der Waals surface area contributed by atoms with Gasteiger partial charge in [0.05, 0.1) is 15.2 Å².